The maximum atomic E-state index is 11.6. The Labute approximate surface area is 122 Å². The third kappa shape index (κ3) is 4.38. The van der Waals surface area contributed by atoms with Gasteiger partial charge in [0.05, 0.1) is 32.0 Å². The molecule has 6 nitrogen and oxygen atoms in total. The lowest BCUT2D eigenvalue weighted by atomic mass is 10.2. The maximum Gasteiger partial charge on any atom is 0.337 e. The number of hydrogen-bond donors (Lipinski definition) is 2. The minimum Gasteiger partial charge on any atom is -0.467 e. The zero-order chi connectivity index (χ0) is 15.1. The van der Waals surface area contributed by atoms with Gasteiger partial charge >= 0.3 is 5.97 Å². The summed E-state index contributed by atoms with van der Waals surface area (Å²) in [5.74, 6) is 0.159. The number of methoxy groups -OCH3 is 1. The van der Waals surface area contributed by atoms with Crippen molar-refractivity contribution in [3.8, 4) is 0 Å². The van der Waals surface area contributed by atoms with Gasteiger partial charge in [0.1, 0.15) is 5.76 Å². The molecule has 1 aromatic carbocycles. The van der Waals surface area contributed by atoms with Crippen LogP contribution < -0.4 is 10.6 Å². The second-order valence-electron chi connectivity index (χ2n) is 4.28. The Kier molecular flexibility index (Phi) is 4.98. The van der Waals surface area contributed by atoms with E-state index in [4.69, 9.17) is 4.42 Å². The van der Waals surface area contributed by atoms with Crippen LogP contribution in [0.15, 0.2) is 47.1 Å². The summed E-state index contributed by atoms with van der Waals surface area (Å²) in [6, 6.07) is 10.3. The average molecular weight is 288 g/mol. The number of carbonyl (C=O) groups is 2. The van der Waals surface area contributed by atoms with Gasteiger partial charge in [0.2, 0.25) is 5.91 Å². The molecule has 2 rings (SSSR count). The van der Waals surface area contributed by atoms with Crippen LogP contribution in [0.3, 0.4) is 0 Å². The van der Waals surface area contributed by atoms with Gasteiger partial charge in [-0.3, -0.25) is 4.79 Å². The number of esters is 1. The smallest absolute Gasteiger partial charge is 0.337 e. The normalized spacial score (nSPS) is 9.95. The van der Waals surface area contributed by atoms with E-state index in [-0.39, 0.29) is 12.5 Å². The number of nitrogens with one attached hydrogen (secondary N) is 2. The Balaban J connectivity index is 1.77. The molecule has 0 spiro atoms. The van der Waals surface area contributed by atoms with Crippen LogP contribution in [0.25, 0.3) is 0 Å². The van der Waals surface area contributed by atoms with Gasteiger partial charge < -0.3 is 19.8 Å². The predicted molar refractivity (Wildman–Crippen MR) is 76.8 cm³/mol. The number of anilines is 1. The lowest BCUT2D eigenvalue weighted by Crippen LogP contribution is -2.29. The highest BCUT2D eigenvalue weighted by molar-refractivity contribution is 5.89. The highest BCUT2D eigenvalue weighted by Gasteiger charge is 2.05. The molecule has 0 saturated carbocycles. The van der Waals surface area contributed by atoms with Crippen molar-refractivity contribution in [2.24, 2.45) is 0 Å². The lowest BCUT2D eigenvalue weighted by Gasteiger charge is -2.07. The molecule has 0 aliphatic rings. The van der Waals surface area contributed by atoms with E-state index in [1.807, 2.05) is 0 Å². The topological polar surface area (TPSA) is 80.6 Å². The molecule has 2 N–H and O–H groups in total. The molecule has 0 saturated heterocycles. The highest BCUT2D eigenvalue weighted by Crippen LogP contribution is 2.10. The molecule has 110 valence electrons. The van der Waals surface area contributed by atoms with Gasteiger partial charge in [-0.2, -0.15) is 0 Å². The van der Waals surface area contributed by atoms with Crippen LogP contribution in [-0.2, 0) is 16.1 Å². The summed E-state index contributed by atoms with van der Waals surface area (Å²) in [7, 11) is 1.33. The summed E-state index contributed by atoms with van der Waals surface area (Å²) in [6.45, 7) is 0.493. The molecular formula is C15H16N2O4. The Morgan fingerprint density at radius 2 is 1.95 bits per heavy atom. The first-order valence-electron chi connectivity index (χ1n) is 6.40. The summed E-state index contributed by atoms with van der Waals surface area (Å²) < 4.78 is 9.72. The van der Waals surface area contributed by atoms with Crippen LogP contribution >= 0.6 is 0 Å². The van der Waals surface area contributed by atoms with Crippen molar-refractivity contribution in [3.05, 3.63) is 54.0 Å². The van der Waals surface area contributed by atoms with Crippen molar-refractivity contribution in [1.82, 2.24) is 5.32 Å². The van der Waals surface area contributed by atoms with Crippen LogP contribution in [0.2, 0.25) is 0 Å². The minimum absolute atomic E-state index is 0.137. The Morgan fingerprint density at radius 3 is 2.57 bits per heavy atom. The first-order valence-corrected chi connectivity index (χ1v) is 6.40. The van der Waals surface area contributed by atoms with Crippen LogP contribution in [0, 0.1) is 0 Å². The second-order valence-corrected chi connectivity index (χ2v) is 4.28. The maximum absolute atomic E-state index is 11.6. The summed E-state index contributed by atoms with van der Waals surface area (Å²) in [5, 5.41) is 5.69. The van der Waals surface area contributed by atoms with E-state index < -0.39 is 5.97 Å². The Hall–Kier alpha value is -2.76. The van der Waals surface area contributed by atoms with Crippen molar-refractivity contribution < 1.29 is 18.7 Å². The monoisotopic (exact) mass is 288 g/mol. The number of ether oxygens (including phenoxy) is 1. The lowest BCUT2D eigenvalue weighted by molar-refractivity contribution is -0.119. The molecule has 2 aromatic rings. The molecule has 0 atom stereocenters. The first-order chi connectivity index (χ1) is 10.2. The second kappa shape index (κ2) is 7.14. The molecule has 1 aromatic heterocycles. The van der Waals surface area contributed by atoms with Gasteiger partial charge in [0, 0.05) is 5.69 Å². The van der Waals surface area contributed by atoms with E-state index in [0.717, 1.165) is 5.69 Å². The molecular weight excluding hydrogens is 272 g/mol. The minimum atomic E-state index is -0.391. The fourth-order valence-corrected chi connectivity index (χ4v) is 1.69. The van der Waals surface area contributed by atoms with Crippen molar-refractivity contribution in [2.75, 3.05) is 19.0 Å². The van der Waals surface area contributed by atoms with Crippen LogP contribution in [0.5, 0.6) is 0 Å². The molecule has 0 aliphatic heterocycles. The van der Waals surface area contributed by atoms with E-state index in [1.165, 1.54) is 7.11 Å². The molecule has 6 heteroatoms. The molecule has 1 heterocycles. The molecule has 0 fully saturated rings. The van der Waals surface area contributed by atoms with E-state index in [9.17, 15) is 9.59 Å². The van der Waals surface area contributed by atoms with Crippen molar-refractivity contribution in [1.29, 1.82) is 0 Å². The number of benzene rings is 1. The van der Waals surface area contributed by atoms with Crippen molar-refractivity contribution in [2.45, 2.75) is 6.54 Å². The molecule has 1 amide bonds. The van der Waals surface area contributed by atoms with Crippen LogP contribution in [0.1, 0.15) is 16.1 Å². The van der Waals surface area contributed by atoms with Gasteiger partial charge in [-0.15, -0.1) is 0 Å². The van der Waals surface area contributed by atoms with E-state index in [0.29, 0.717) is 17.9 Å². The van der Waals surface area contributed by atoms with Gasteiger partial charge in [0.25, 0.3) is 0 Å². The van der Waals surface area contributed by atoms with E-state index in [1.54, 1.807) is 42.7 Å². The summed E-state index contributed by atoms with van der Waals surface area (Å²) in [4.78, 5) is 22.9. The SMILES string of the molecule is COC(=O)c1ccc(NCC(=O)NCc2ccco2)cc1. The van der Waals surface area contributed by atoms with E-state index in [2.05, 4.69) is 15.4 Å². The zero-order valence-electron chi connectivity index (χ0n) is 11.6. The average Bonchev–Trinajstić information content (AvgIpc) is 3.04. The summed E-state index contributed by atoms with van der Waals surface area (Å²) in [5.41, 5.74) is 1.21. The first kappa shape index (κ1) is 14.6. The van der Waals surface area contributed by atoms with Gasteiger partial charge in [-0.25, -0.2) is 4.79 Å². The number of rotatable bonds is 6. The highest BCUT2D eigenvalue weighted by atomic mass is 16.5. The molecule has 0 radical (unpaired) electrons. The molecule has 0 aliphatic carbocycles. The largest absolute Gasteiger partial charge is 0.467 e. The third-order valence-electron chi connectivity index (χ3n) is 2.80. The Morgan fingerprint density at radius 1 is 1.19 bits per heavy atom. The predicted octanol–water partition coefficient (Wildman–Crippen LogP) is 1.79. The quantitative estimate of drug-likeness (QED) is 0.792. The fourth-order valence-electron chi connectivity index (χ4n) is 1.69. The van der Waals surface area contributed by atoms with Gasteiger partial charge in [-0.1, -0.05) is 0 Å². The standard InChI is InChI=1S/C15H16N2O4/c1-20-15(19)11-4-6-12(7-5-11)16-10-14(18)17-9-13-3-2-8-21-13/h2-8,16H,9-10H2,1H3,(H,17,18). The summed E-state index contributed by atoms with van der Waals surface area (Å²) in [6.07, 6.45) is 1.56. The number of hydrogen-bond acceptors (Lipinski definition) is 5. The number of carbonyl (C=O) groups excluding carboxylic acids is 2. The Bertz CT molecular complexity index is 591. The van der Waals surface area contributed by atoms with Crippen LogP contribution in [-0.4, -0.2) is 25.5 Å². The molecule has 21 heavy (non-hydrogen) atoms. The number of amides is 1. The molecule has 0 bridgehead atoms. The van der Waals surface area contributed by atoms with Gasteiger partial charge in [-0.05, 0) is 36.4 Å². The third-order valence-corrected chi connectivity index (χ3v) is 2.80. The number of furan rings is 1. The van der Waals surface area contributed by atoms with Crippen molar-refractivity contribution >= 4 is 17.6 Å². The zero-order valence-corrected chi connectivity index (χ0v) is 11.6. The molecule has 0 unspecified atom stereocenters. The summed E-state index contributed by atoms with van der Waals surface area (Å²) >= 11 is 0. The van der Waals surface area contributed by atoms with E-state index >= 15 is 0 Å². The fraction of sp³-hybridized carbons (Fsp3) is 0.200. The van der Waals surface area contributed by atoms with Crippen molar-refractivity contribution in [3.63, 3.8) is 0 Å². The van der Waals surface area contributed by atoms with Crippen LogP contribution in [0.4, 0.5) is 5.69 Å². The van der Waals surface area contributed by atoms with Gasteiger partial charge in [0.15, 0.2) is 0 Å².